The number of aliphatic hydroxyl groups is 1. The van der Waals surface area contributed by atoms with Crippen molar-refractivity contribution < 1.29 is 19.7 Å². The maximum Gasteiger partial charge on any atom is 0.303 e. The van der Waals surface area contributed by atoms with Crippen LogP contribution >= 0.6 is 0 Å². The smallest absolute Gasteiger partial charge is 0.303 e. The van der Waals surface area contributed by atoms with Gasteiger partial charge in [-0.2, -0.15) is 0 Å². The average Bonchev–Trinajstić information content (AvgIpc) is 3.20. The number of aliphatic hydroxyl groups excluding tert-OH is 1. The average molecular weight is 478 g/mol. The summed E-state index contributed by atoms with van der Waals surface area (Å²) < 4.78 is 6.46. The van der Waals surface area contributed by atoms with Crippen molar-refractivity contribution in [1.29, 1.82) is 0 Å². The maximum absolute atomic E-state index is 11.0. The fraction of sp³-hybridized carbons (Fsp3) is 0.500. The summed E-state index contributed by atoms with van der Waals surface area (Å²) in [5, 5.41) is 19.9. The van der Waals surface area contributed by atoms with Gasteiger partial charge in [0, 0.05) is 24.8 Å². The van der Waals surface area contributed by atoms with Crippen LogP contribution in [-0.2, 0) is 16.1 Å². The number of carboxylic acid groups (broad SMARTS) is 1. The molecule has 1 aliphatic carbocycles. The summed E-state index contributed by atoms with van der Waals surface area (Å²) in [6.07, 6.45) is 10.6. The lowest BCUT2D eigenvalue weighted by Crippen LogP contribution is -2.47. The van der Waals surface area contributed by atoms with Crippen LogP contribution in [0.25, 0.3) is 11.1 Å². The lowest BCUT2D eigenvalue weighted by molar-refractivity contribution is -0.136. The normalized spacial score (nSPS) is 25.3. The van der Waals surface area contributed by atoms with Crippen LogP contribution in [0.4, 0.5) is 0 Å². The summed E-state index contributed by atoms with van der Waals surface area (Å²) in [7, 11) is 0. The molecule has 35 heavy (non-hydrogen) atoms. The summed E-state index contributed by atoms with van der Waals surface area (Å²) in [6.45, 7) is 2.66. The second-order valence-corrected chi connectivity index (χ2v) is 9.95. The van der Waals surface area contributed by atoms with Gasteiger partial charge in [0.2, 0.25) is 0 Å². The minimum absolute atomic E-state index is 0.0261. The molecular formula is C30H39NO4. The fourth-order valence-corrected chi connectivity index (χ4v) is 5.69. The van der Waals surface area contributed by atoms with Crippen LogP contribution in [0, 0.1) is 5.92 Å². The number of allylic oxidation sites excluding steroid dienone is 2. The summed E-state index contributed by atoms with van der Waals surface area (Å²) in [5.74, 6) is -0.486. The van der Waals surface area contributed by atoms with Gasteiger partial charge in [0.15, 0.2) is 0 Å². The lowest BCUT2D eigenvalue weighted by atomic mass is 9.92. The number of ether oxygens (including phenoxy) is 1. The molecule has 2 fully saturated rings. The Bertz CT molecular complexity index is 937. The van der Waals surface area contributed by atoms with E-state index in [0.717, 1.165) is 31.5 Å². The number of carbonyl (C=O) groups is 1. The van der Waals surface area contributed by atoms with Crippen LogP contribution in [0.5, 0.6) is 0 Å². The number of aliphatic carboxylic acids is 1. The van der Waals surface area contributed by atoms with E-state index in [-0.39, 0.29) is 30.6 Å². The van der Waals surface area contributed by atoms with E-state index in [2.05, 4.69) is 59.5 Å². The van der Waals surface area contributed by atoms with Crippen LogP contribution in [0.3, 0.4) is 0 Å². The number of likely N-dealkylation sites (tertiary alicyclic amines) is 1. The molecule has 2 N–H and O–H groups in total. The molecule has 1 heterocycles. The van der Waals surface area contributed by atoms with E-state index in [1.165, 1.54) is 30.4 Å². The zero-order valence-corrected chi connectivity index (χ0v) is 20.6. The number of hydrogen-bond donors (Lipinski definition) is 2. The third-order valence-corrected chi connectivity index (χ3v) is 7.48. The largest absolute Gasteiger partial charge is 0.481 e. The van der Waals surface area contributed by atoms with Crippen molar-refractivity contribution in [1.82, 2.24) is 4.90 Å². The Kier molecular flexibility index (Phi) is 9.52. The number of benzene rings is 2. The Morgan fingerprint density at radius 3 is 2.34 bits per heavy atom. The molecule has 1 saturated carbocycles. The molecule has 1 saturated heterocycles. The van der Waals surface area contributed by atoms with Crippen molar-refractivity contribution in [2.45, 2.75) is 76.2 Å². The van der Waals surface area contributed by atoms with Gasteiger partial charge >= 0.3 is 5.97 Å². The minimum atomic E-state index is -0.760. The monoisotopic (exact) mass is 477 g/mol. The van der Waals surface area contributed by atoms with Crippen LogP contribution in [-0.4, -0.2) is 52.4 Å². The predicted molar refractivity (Wildman–Crippen MR) is 139 cm³/mol. The highest BCUT2D eigenvalue weighted by Crippen LogP contribution is 2.38. The number of rotatable bonds is 11. The van der Waals surface area contributed by atoms with Crippen LogP contribution in [0.1, 0.15) is 56.9 Å². The van der Waals surface area contributed by atoms with Crippen LogP contribution in [0.15, 0.2) is 66.7 Å². The third kappa shape index (κ3) is 7.26. The van der Waals surface area contributed by atoms with Gasteiger partial charge in [-0.15, -0.1) is 0 Å². The van der Waals surface area contributed by atoms with E-state index >= 15 is 0 Å². The predicted octanol–water partition coefficient (Wildman–Crippen LogP) is 5.68. The molecule has 0 spiro atoms. The molecule has 1 aliphatic heterocycles. The number of piperidine rings is 1. The van der Waals surface area contributed by atoms with Crippen molar-refractivity contribution in [3.8, 4) is 11.1 Å². The molecule has 0 unspecified atom stereocenters. The first-order valence-corrected chi connectivity index (χ1v) is 13.2. The van der Waals surface area contributed by atoms with Gasteiger partial charge in [-0.1, -0.05) is 73.2 Å². The summed E-state index contributed by atoms with van der Waals surface area (Å²) in [5.41, 5.74) is 3.55. The summed E-state index contributed by atoms with van der Waals surface area (Å²) in [6, 6.07) is 19.1. The van der Waals surface area contributed by atoms with E-state index < -0.39 is 5.97 Å². The van der Waals surface area contributed by atoms with E-state index in [1.807, 2.05) is 12.1 Å². The molecule has 0 aromatic heterocycles. The second kappa shape index (κ2) is 13.0. The highest BCUT2D eigenvalue weighted by molar-refractivity contribution is 5.66. The van der Waals surface area contributed by atoms with Crippen LogP contribution in [0.2, 0.25) is 0 Å². The Morgan fingerprint density at radius 2 is 1.63 bits per heavy atom. The molecule has 4 rings (SSSR count). The molecule has 2 aliphatic rings. The Hall–Kier alpha value is -2.47. The molecule has 5 heteroatoms. The van der Waals surface area contributed by atoms with Gasteiger partial charge in [-0.25, -0.2) is 0 Å². The second-order valence-electron chi connectivity index (χ2n) is 9.95. The molecule has 0 radical (unpaired) electrons. The minimum Gasteiger partial charge on any atom is -0.481 e. The lowest BCUT2D eigenvalue weighted by Gasteiger charge is -2.38. The zero-order chi connectivity index (χ0) is 24.5. The first-order valence-electron chi connectivity index (χ1n) is 13.2. The first-order chi connectivity index (χ1) is 17.1. The molecule has 0 bridgehead atoms. The first kappa shape index (κ1) is 25.6. The SMILES string of the molecule is O=C(O)CC/C=C\CC[C@@H]1[C@@H](N2CCCCC2)[C@@H](O)C[C@H]1OCc1ccc(-c2ccccc2)cc1. The molecule has 4 atom stereocenters. The molecule has 0 amide bonds. The quantitative estimate of drug-likeness (QED) is 0.408. The molecule has 2 aromatic rings. The van der Waals surface area contributed by atoms with E-state index in [9.17, 15) is 9.90 Å². The van der Waals surface area contributed by atoms with Crippen molar-refractivity contribution in [2.75, 3.05) is 13.1 Å². The topological polar surface area (TPSA) is 70.0 Å². The van der Waals surface area contributed by atoms with Gasteiger partial charge in [0.05, 0.1) is 18.8 Å². The Labute approximate surface area is 209 Å². The number of carboxylic acids is 1. The highest BCUT2D eigenvalue weighted by Gasteiger charge is 2.45. The van der Waals surface area contributed by atoms with Gasteiger partial charge in [-0.05, 0) is 61.9 Å². The number of nitrogens with zero attached hydrogens (tertiary/aromatic N) is 1. The molecule has 2 aromatic carbocycles. The molecular weight excluding hydrogens is 438 g/mol. The maximum atomic E-state index is 11.0. The van der Waals surface area contributed by atoms with Crippen LogP contribution < -0.4 is 0 Å². The van der Waals surface area contributed by atoms with Gasteiger partial charge < -0.3 is 14.9 Å². The number of hydrogen-bond acceptors (Lipinski definition) is 4. The van der Waals surface area contributed by atoms with E-state index in [1.54, 1.807) is 0 Å². The standard InChI is InChI=1S/C30H39NO4/c32-27-21-28(35-22-23-15-17-25(18-16-23)24-11-5-3-6-12-24)26(13-7-1-2-8-14-29(33)34)30(27)31-19-9-4-10-20-31/h1-3,5-6,11-12,15-18,26-28,30,32H,4,7-10,13-14,19-22H2,(H,33,34)/b2-1-/t26-,27-,28+,30+/m0/s1. The Balaban J connectivity index is 1.37. The summed E-state index contributed by atoms with van der Waals surface area (Å²) in [4.78, 5) is 13.2. The van der Waals surface area contributed by atoms with Gasteiger partial charge in [0.25, 0.3) is 0 Å². The fourth-order valence-electron chi connectivity index (χ4n) is 5.69. The van der Waals surface area contributed by atoms with E-state index in [4.69, 9.17) is 9.84 Å². The molecule has 5 nitrogen and oxygen atoms in total. The molecule has 188 valence electrons. The van der Waals surface area contributed by atoms with Crippen molar-refractivity contribution >= 4 is 5.97 Å². The van der Waals surface area contributed by atoms with Crippen molar-refractivity contribution in [3.63, 3.8) is 0 Å². The van der Waals surface area contributed by atoms with Crippen molar-refractivity contribution in [2.24, 2.45) is 5.92 Å². The summed E-state index contributed by atoms with van der Waals surface area (Å²) >= 11 is 0. The highest BCUT2D eigenvalue weighted by atomic mass is 16.5. The third-order valence-electron chi connectivity index (χ3n) is 7.48. The van der Waals surface area contributed by atoms with E-state index in [0.29, 0.717) is 19.4 Å². The van der Waals surface area contributed by atoms with Gasteiger partial charge in [-0.3, -0.25) is 9.69 Å². The van der Waals surface area contributed by atoms with Crippen molar-refractivity contribution in [3.05, 3.63) is 72.3 Å². The Morgan fingerprint density at radius 1 is 0.943 bits per heavy atom. The van der Waals surface area contributed by atoms with Gasteiger partial charge in [0.1, 0.15) is 0 Å². The zero-order valence-electron chi connectivity index (χ0n) is 20.6.